The number of aliphatic hydroxyl groups is 1. The van der Waals surface area contributed by atoms with Crippen LogP contribution in [0.4, 0.5) is 5.69 Å². The van der Waals surface area contributed by atoms with Gasteiger partial charge in [0.05, 0.1) is 32.5 Å². The number of nitrogen functional groups attached to an aromatic ring is 1. The van der Waals surface area contributed by atoms with Crippen LogP contribution in [-0.2, 0) is 9.47 Å². The Hall–Kier alpha value is -1.79. The zero-order valence-electron chi connectivity index (χ0n) is 10.2. The Morgan fingerprint density at radius 3 is 2.72 bits per heavy atom. The summed E-state index contributed by atoms with van der Waals surface area (Å²) in [6.07, 6.45) is 0. The molecular formula is C12H17NO5. The molecule has 100 valence electrons. The van der Waals surface area contributed by atoms with E-state index >= 15 is 0 Å². The molecule has 0 aliphatic heterocycles. The summed E-state index contributed by atoms with van der Waals surface area (Å²) in [7, 11) is 1.49. The van der Waals surface area contributed by atoms with E-state index in [4.69, 9.17) is 25.1 Å². The summed E-state index contributed by atoms with van der Waals surface area (Å²) in [6, 6.07) is 4.67. The fraction of sp³-hybridized carbons (Fsp3) is 0.417. The minimum absolute atomic E-state index is 0.0552. The molecule has 0 aromatic heterocycles. The highest BCUT2D eigenvalue weighted by molar-refractivity contribution is 5.91. The van der Waals surface area contributed by atoms with Crippen LogP contribution in [0.5, 0.6) is 5.75 Å². The lowest BCUT2D eigenvalue weighted by molar-refractivity contribution is 0.0258. The summed E-state index contributed by atoms with van der Waals surface area (Å²) in [5, 5.41) is 8.48. The second kappa shape index (κ2) is 7.52. The zero-order valence-corrected chi connectivity index (χ0v) is 10.2. The second-order valence-corrected chi connectivity index (χ2v) is 3.47. The molecule has 0 heterocycles. The monoisotopic (exact) mass is 255 g/mol. The number of hydrogen-bond donors (Lipinski definition) is 2. The van der Waals surface area contributed by atoms with Crippen LogP contribution in [-0.4, -0.2) is 44.6 Å². The van der Waals surface area contributed by atoms with Crippen LogP contribution in [0, 0.1) is 0 Å². The third kappa shape index (κ3) is 4.60. The van der Waals surface area contributed by atoms with Gasteiger partial charge in [-0.15, -0.1) is 0 Å². The van der Waals surface area contributed by atoms with Crippen LogP contribution in [0.2, 0.25) is 0 Å². The van der Waals surface area contributed by atoms with Crippen molar-refractivity contribution in [1.82, 2.24) is 0 Å². The highest BCUT2D eigenvalue weighted by Gasteiger charge is 2.09. The standard InChI is InChI=1S/C12H17NO5/c1-16-11-7-9(6-10(13)8-11)12(15)18-5-4-17-3-2-14/h6-8,14H,2-5,13H2,1H3. The Labute approximate surface area is 105 Å². The van der Waals surface area contributed by atoms with Crippen LogP contribution in [0.3, 0.4) is 0 Å². The Bertz CT molecular complexity index is 394. The first-order valence-electron chi connectivity index (χ1n) is 5.47. The largest absolute Gasteiger partial charge is 0.497 e. The highest BCUT2D eigenvalue weighted by atomic mass is 16.6. The van der Waals surface area contributed by atoms with Crippen molar-refractivity contribution in [1.29, 1.82) is 0 Å². The van der Waals surface area contributed by atoms with Crippen LogP contribution in [0.15, 0.2) is 18.2 Å². The average Bonchev–Trinajstić information content (AvgIpc) is 2.37. The lowest BCUT2D eigenvalue weighted by Crippen LogP contribution is -2.12. The van der Waals surface area contributed by atoms with Crippen LogP contribution < -0.4 is 10.5 Å². The number of esters is 1. The van der Waals surface area contributed by atoms with Crippen molar-refractivity contribution in [3.05, 3.63) is 23.8 Å². The molecular weight excluding hydrogens is 238 g/mol. The zero-order chi connectivity index (χ0) is 13.4. The molecule has 0 radical (unpaired) electrons. The molecule has 3 N–H and O–H groups in total. The van der Waals surface area contributed by atoms with E-state index in [2.05, 4.69) is 0 Å². The topological polar surface area (TPSA) is 91.0 Å². The molecule has 0 amide bonds. The van der Waals surface area contributed by atoms with Gasteiger partial charge >= 0.3 is 5.97 Å². The second-order valence-electron chi connectivity index (χ2n) is 3.47. The van der Waals surface area contributed by atoms with Crippen molar-refractivity contribution in [2.24, 2.45) is 0 Å². The molecule has 0 atom stereocenters. The summed E-state index contributed by atoms with van der Waals surface area (Å²) >= 11 is 0. The van der Waals surface area contributed by atoms with E-state index in [-0.39, 0.29) is 26.4 Å². The van der Waals surface area contributed by atoms with Crippen LogP contribution >= 0.6 is 0 Å². The summed E-state index contributed by atoms with van der Waals surface area (Å²) in [5.41, 5.74) is 6.38. The minimum Gasteiger partial charge on any atom is -0.497 e. The van der Waals surface area contributed by atoms with Gasteiger partial charge in [-0.25, -0.2) is 4.79 Å². The third-order valence-corrected chi connectivity index (χ3v) is 2.10. The van der Waals surface area contributed by atoms with E-state index in [1.807, 2.05) is 0 Å². The molecule has 1 aromatic carbocycles. The summed E-state index contributed by atoms with van der Waals surface area (Å²) in [4.78, 5) is 11.7. The van der Waals surface area contributed by atoms with Gasteiger partial charge in [-0.3, -0.25) is 0 Å². The smallest absolute Gasteiger partial charge is 0.338 e. The number of carbonyl (C=O) groups is 1. The Morgan fingerprint density at radius 1 is 1.28 bits per heavy atom. The lowest BCUT2D eigenvalue weighted by Gasteiger charge is -2.07. The maximum Gasteiger partial charge on any atom is 0.338 e. The summed E-state index contributed by atoms with van der Waals surface area (Å²) < 4.78 is 14.9. The van der Waals surface area contributed by atoms with Crippen molar-refractivity contribution in [2.45, 2.75) is 0 Å². The molecule has 6 nitrogen and oxygen atoms in total. The van der Waals surface area contributed by atoms with Gasteiger partial charge in [-0.1, -0.05) is 0 Å². The van der Waals surface area contributed by atoms with Crippen molar-refractivity contribution >= 4 is 11.7 Å². The van der Waals surface area contributed by atoms with E-state index in [1.54, 1.807) is 12.1 Å². The molecule has 1 aromatic rings. The normalized spacial score (nSPS) is 10.1. The van der Waals surface area contributed by atoms with E-state index in [1.165, 1.54) is 13.2 Å². The SMILES string of the molecule is COc1cc(N)cc(C(=O)OCCOCCO)c1. The minimum atomic E-state index is -0.492. The maximum absolute atomic E-state index is 11.7. The number of benzene rings is 1. The predicted octanol–water partition coefficient (Wildman–Crippen LogP) is 0.443. The molecule has 0 aliphatic rings. The summed E-state index contributed by atoms with van der Waals surface area (Å²) in [6.45, 7) is 0.533. The summed E-state index contributed by atoms with van der Waals surface area (Å²) in [5.74, 6) is 0.00618. The highest BCUT2D eigenvalue weighted by Crippen LogP contribution is 2.18. The average molecular weight is 255 g/mol. The number of carbonyl (C=O) groups excluding carboxylic acids is 1. The quantitative estimate of drug-likeness (QED) is 0.417. The first kappa shape index (κ1) is 14.3. The van der Waals surface area contributed by atoms with Crippen LogP contribution in [0.25, 0.3) is 0 Å². The molecule has 0 bridgehead atoms. The predicted molar refractivity (Wildman–Crippen MR) is 65.6 cm³/mol. The molecule has 0 saturated heterocycles. The molecule has 0 saturated carbocycles. The van der Waals surface area contributed by atoms with Gasteiger partial charge in [0.25, 0.3) is 0 Å². The number of aliphatic hydroxyl groups excluding tert-OH is 1. The fourth-order valence-corrected chi connectivity index (χ4v) is 1.30. The Kier molecular flexibility index (Phi) is 5.96. The van der Waals surface area contributed by atoms with Crippen molar-refractivity contribution in [3.63, 3.8) is 0 Å². The molecule has 18 heavy (non-hydrogen) atoms. The van der Waals surface area contributed by atoms with Crippen molar-refractivity contribution in [3.8, 4) is 5.75 Å². The van der Waals surface area contributed by atoms with E-state index in [0.29, 0.717) is 17.0 Å². The number of rotatable bonds is 7. The number of anilines is 1. The van der Waals surface area contributed by atoms with Gasteiger partial charge < -0.3 is 25.1 Å². The van der Waals surface area contributed by atoms with Gasteiger partial charge in [0, 0.05) is 11.8 Å². The first-order valence-corrected chi connectivity index (χ1v) is 5.47. The molecule has 0 unspecified atom stereocenters. The van der Waals surface area contributed by atoms with E-state index in [0.717, 1.165) is 0 Å². The van der Waals surface area contributed by atoms with Gasteiger partial charge in [-0.2, -0.15) is 0 Å². The number of nitrogens with two attached hydrogens (primary N) is 1. The van der Waals surface area contributed by atoms with Crippen molar-refractivity contribution in [2.75, 3.05) is 39.3 Å². The maximum atomic E-state index is 11.7. The third-order valence-electron chi connectivity index (χ3n) is 2.10. The molecule has 1 rings (SSSR count). The van der Waals surface area contributed by atoms with Gasteiger partial charge in [0.15, 0.2) is 0 Å². The number of hydrogen-bond acceptors (Lipinski definition) is 6. The molecule has 0 fully saturated rings. The lowest BCUT2D eigenvalue weighted by atomic mass is 10.2. The van der Waals surface area contributed by atoms with Gasteiger partial charge in [-0.05, 0) is 12.1 Å². The van der Waals surface area contributed by atoms with E-state index < -0.39 is 5.97 Å². The Morgan fingerprint density at radius 2 is 2.06 bits per heavy atom. The van der Waals surface area contributed by atoms with Crippen molar-refractivity contribution < 1.29 is 24.1 Å². The number of methoxy groups -OCH3 is 1. The molecule has 6 heteroatoms. The van der Waals surface area contributed by atoms with Gasteiger partial charge in [0.1, 0.15) is 12.4 Å². The molecule has 0 aliphatic carbocycles. The Balaban J connectivity index is 2.48. The van der Waals surface area contributed by atoms with E-state index in [9.17, 15) is 4.79 Å². The van der Waals surface area contributed by atoms with Crippen LogP contribution in [0.1, 0.15) is 10.4 Å². The fourth-order valence-electron chi connectivity index (χ4n) is 1.30. The number of ether oxygens (including phenoxy) is 3. The molecule has 0 spiro atoms. The van der Waals surface area contributed by atoms with Gasteiger partial charge in [0.2, 0.25) is 0 Å². The first-order chi connectivity index (χ1) is 8.67.